The van der Waals surface area contributed by atoms with Gasteiger partial charge >= 0.3 is 5.88 Å². The number of hydrogen-bond acceptors (Lipinski definition) is 6. The van der Waals surface area contributed by atoms with E-state index in [0.29, 0.717) is 11.5 Å². The van der Waals surface area contributed by atoms with Crippen LogP contribution in [0, 0.1) is 10.1 Å². The number of amidine groups is 1. The smallest absolute Gasteiger partial charge is 0.399 e. The molecule has 0 atom stereocenters. The van der Waals surface area contributed by atoms with Crippen molar-refractivity contribution in [3.05, 3.63) is 40.2 Å². The lowest BCUT2D eigenvalue weighted by Gasteiger charge is -2.16. The highest BCUT2D eigenvalue weighted by atomic mass is 16.6. The first-order valence-electron chi connectivity index (χ1n) is 5.07. The molecule has 0 spiro atoms. The maximum absolute atomic E-state index is 10.5. The van der Waals surface area contributed by atoms with Gasteiger partial charge in [0, 0.05) is 0 Å². The van der Waals surface area contributed by atoms with E-state index in [9.17, 15) is 10.1 Å². The van der Waals surface area contributed by atoms with Crippen LogP contribution in [0.2, 0.25) is 0 Å². The molecule has 0 radical (unpaired) electrons. The van der Waals surface area contributed by atoms with Gasteiger partial charge in [0.2, 0.25) is 0 Å². The van der Waals surface area contributed by atoms with E-state index in [2.05, 4.69) is 10.1 Å². The SMILES string of the molecule is O=[N+]([O-])c1ccc(C2=NN3CCN=C3C=C2)o1. The highest BCUT2D eigenvalue weighted by Crippen LogP contribution is 2.19. The van der Waals surface area contributed by atoms with Gasteiger partial charge in [0.25, 0.3) is 0 Å². The summed E-state index contributed by atoms with van der Waals surface area (Å²) in [4.78, 5) is 14.2. The van der Waals surface area contributed by atoms with Crippen molar-refractivity contribution in [3.8, 4) is 0 Å². The highest BCUT2D eigenvalue weighted by molar-refractivity contribution is 6.13. The molecule has 1 aromatic heterocycles. The molecule has 0 saturated heterocycles. The van der Waals surface area contributed by atoms with Crippen LogP contribution in [0.25, 0.3) is 0 Å². The Bertz CT molecular complexity index is 570. The molecule has 3 rings (SSSR count). The monoisotopic (exact) mass is 232 g/mol. The molecular formula is C10H8N4O3. The number of hydrazone groups is 1. The molecule has 3 heterocycles. The number of nitro groups is 1. The van der Waals surface area contributed by atoms with Crippen LogP contribution in [0.5, 0.6) is 0 Å². The number of rotatable bonds is 2. The van der Waals surface area contributed by atoms with E-state index in [1.165, 1.54) is 6.07 Å². The van der Waals surface area contributed by atoms with Gasteiger partial charge in [0.1, 0.15) is 16.5 Å². The number of fused-ring (bicyclic) bond motifs is 1. The van der Waals surface area contributed by atoms with Gasteiger partial charge in [-0.05, 0) is 18.2 Å². The molecule has 0 bridgehead atoms. The summed E-state index contributed by atoms with van der Waals surface area (Å²) >= 11 is 0. The van der Waals surface area contributed by atoms with E-state index in [-0.39, 0.29) is 5.88 Å². The zero-order chi connectivity index (χ0) is 11.8. The van der Waals surface area contributed by atoms with Crippen molar-refractivity contribution >= 4 is 17.4 Å². The van der Waals surface area contributed by atoms with Crippen LogP contribution in [0.4, 0.5) is 5.88 Å². The Labute approximate surface area is 95.9 Å². The lowest BCUT2D eigenvalue weighted by Crippen LogP contribution is -2.25. The van der Waals surface area contributed by atoms with Crippen LogP contribution >= 0.6 is 0 Å². The van der Waals surface area contributed by atoms with Gasteiger partial charge in [0.05, 0.1) is 19.2 Å². The van der Waals surface area contributed by atoms with Crippen LogP contribution in [-0.4, -0.2) is 34.6 Å². The fraction of sp³-hybridized carbons (Fsp3) is 0.200. The minimum absolute atomic E-state index is 0.281. The second-order valence-electron chi connectivity index (χ2n) is 3.58. The summed E-state index contributed by atoms with van der Waals surface area (Å²) in [5.74, 6) is 0.922. The summed E-state index contributed by atoms with van der Waals surface area (Å²) in [6, 6.07) is 2.86. The maximum Gasteiger partial charge on any atom is 0.433 e. The van der Waals surface area contributed by atoms with Crippen molar-refractivity contribution in [1.29, 1.82) is 0 Å². The third-order valence-electron chi connectivity index (χ3n) is 2.49. The zero-order valence-electron chi connectivity index (χ0n) is 8.74. The molecule has 0 aromatic carbocycles. The Morgan fingerprint density at radius 3 is 3.06 bits per heavy atom. The van der Waals surface area contributed by atoms with Crippen LogP contribution in [0.15, 0.2) is 38.8 Å². The maximum atomic E-state index is 10.5. The Hall–Kier alpha value is -2.44. The molecule has 0 saturated carbocycles. The first kappa shape index (κ1) is 9.76. The predicted molar refractivity (Wildman–Crippen MR) is 60.0 cm³/mol. The van der Waals surface area contributed by atoms with E-state index in [4.69, 9.17) is 4.42 Å². The van der Waals surface area contributed by atoms with Gasteiger partial charge in [-0.1, -0.05) is 0 Å². The lowest BCUT2D eigenvalue weighted by atomic mass is 10.2. The predicted octanol–water partition coefficient (Wildman–Crippen LogP) is 1.18. The highest BCUT2D eigenvalue weighted by Gasteiger charge is 2.21. The molecule has 7 heteroatoms. The molecule has 0 fully saturated rings. The summed E-state index contributed by atoms with van der Waals surface area (Å²) < 4.78 is 5.09. The summed E-state index contributed by atoms with van der Waals surface area (Å²) in [6.07, 6.45) is 3.56. The molecule has 0 aliphatic carbocycles. The first-order chi connectivity index (χ1) is 8.24. The van der Waals surface area contributed by atoms with E-state index in [1.54, 1.807) is 17.2 Å². The quantitative estimate of drug-likeness (QED) is 0.566. The molecule has 7 nitrogen and oxygen atoms in total. The fourth-order valence-corrected chi connectivity index (χ4v) is 1.71. The van der Waals surface area contributed by atoms with Crippen molar-refractivity contribution in [2.75, 3.05) is 13.1 Å². The van der Waals surface area contributed by atoms with Crippen molar-refractivity contribution in [1.82, 2.24) is 5.01 Å². The van der Waals surface area contributed by atoms with E-state index in [0.717, 1.165) is 18.9 Å². The van der Waals surface area contributed by atoms with Gasteiger partial charge in [-0.25, -0.2) is 5.01 Å². The molecule has 2 aliphatic rings. The minimum atomic E-state index is -0.570. The fourth-order valence-electron chi connectivity index (χ4n) is 1.71. The van der Waals surface area contributed by atoms with Crippen LogP contribution in [-0.2, 0) is 0 Å². The summed E-state index contributed by atoms with van der Waals surface area (Å²) in [7, 11) is 0. The molecule has 17 heavy (non-hydrogen) atoms. The van der Waals surface area contributed by atoms with Crippen molar-refractivity contribution < 1.29 is 9.34 Å². The molecule has 1 aromatic rings. The number of allylic oxidation sites excluding steroid dienone is 1. The average molecular weight is 232 g/mol. The van der Waals surface area contributed by atoms with Crippen molar-refractivity contribution in [2.45, 2.75) is 0 Å². The first-order valence-corrected chi connectivity index (χ1v) is 5.07. The summed E-state index contributed by atoms with van der Waals surface area (Å²) in [6.45, 7) is 1.45. The van der Waals surface area contributed by atoms with Crippen LogP contribution in [0.1, 0.15) is 5.76 Å². The number of aliphatic imine (C=N–C) groups is 1. The molecule has 0 N–H and O–H groups in total. The third kappa shape index (κ3) is 1.61. The van der Waals surface area contributed by atoms with Gasteiger partial charge in [-0.2, -0.15) is 5.10 Å². The minimum Gasteiger partial charge on any atom is -0.399 e. The lowest BCUT2D eigenvalue weighted by molar-refractivity contribution is -0.402. The van der Waals surface area contributed by atoms with E-state index >= 15 is 0 Å². The number of nitrogens with zero attached hydrogens (tertiary/aromatic N) is 4. The van der Waals surface area contributed by atoms with Gasteiger partial charge in [0.15, 0.2) is 5.76 Å². The van der Waals surface area contributed by atoms with E-state index < -0.39 is 4.92 Å². The van der Waals surface area contributed by atoms with Crippen molar-refractivity contribution in [3.63, 3.8) is 0 Å². The summed E-state index contributed by atoms with van der Waals surface area (Å²) in [5.41, 5.74) is 0.568. The van der Waals surface area contributed by atoms with Crippen LogP contribution < -0.4 is 0 Å². The molecule has 0 amide bonds. The van der Waals surface area contributed by atoms with Crippen molar-refractivity contribution in [2.24, 2.45) is 10.1 Å². The van der Waals surface area contributed by atoms with Crippen LogP contribution in [0.3, 0.4) is 0 Å². The molecule has 2 aliphatic heterocycles. The topological polar surface area (TPSA) is 84.2 Å². The Kier molecular flexibility index (Phi) is 2.04. The molecule has 86 valence electrons. The Balaban J connectivity index is 1.92. The molecular weight excluding hydrogens is 224 g/mol. The zero-order valence-corrected chi connectivity index (χ0v) is 8.74. The van der Waals surface area contributed by atoms with Gasteiger partial charge < -0.3 is 4.42 Å². The van der Waals surface area contributed by atoms with Gasteiger partial charge in [-0.3, -0.25) is 15.1 Å². The largest absolute Gasteiger partial charge is 0.433 e. The second-order valence-corrected chi connectivity index (χ2v) is 3.58. The number of hydrogen-bond donors (Lipinski definition) is 0. The standard InChI is InChI=1S/C10H8N4O3/c15-14(16)10-4-2-8(17-10)7-1-3-9-11-5-6-13(9)12-7/h1-4H,5-6H2. The number of furan rings is 1. The molecule has 0 unspecified atom stereocenters. The van der Waals surface area contributed by atoms with Gasteiger partial charge in [-0.15, -0.1) is 0 Å². The third-order valence-corrected chi connectivity index (χ3v) is 2.49. The summed E-state index contributed by atoms with van der Waals surface area (Å²) in [5, 5.41) is 16.6. The Morgan fingerprint density at radius 2 is 2.29 bits per heavy atom. The average Bonchev–Trinajstić information content (AvgIpc) is 2.97. The second kappa shape index (κ2) is 3.55. The Morgan fingerprint density at radius 1 is 1.41 bits per heavy atom. The van der Waals surface area contributed by atoms with E-state index in [1.807, 2.05) is 6.08 Å². The normalized spacial score (nSPS) is 17.8.